The molecule has 1 saturated carbocycles. The molecule has 1 fully saturated rings. The first-order chi connectivity index (χ1) is 6.52. The van der Waals surface area contributed by atoms with Crippen LogP contribution < -0.4 is 0 Å². The first kappa shape index (κ1) is 11.3. The van der Waals surface area contributed by atoms with Crippen molar-refractivity contribution in [1.29, 1.82) is 0 Å². The van der Waals surface area contributed by atoms with Gasteiger partial charge in [0.05, 0.1) is 0 Å². The Bertz CT molecular complexity index is 197. The van der Waals surface area contributed by atoms with Gasteiger partial charge in [-0.25, -0.2) is 4.79 Å². The van der Waals surface area contributed by atoms with Gasteiger partial charge in [-0.1, -0.05) is 20.3 Å². The third kappa shape index (κ3) is 2.63. The number of amides is 1. The SMILES string of the molecule is CC(C)[C@H](OC(=O)N(C)C)C1CCC1. The molecule has 0 heterocycles. The predicted octanol–water partition coefficient (Wildman–Crippen LogP) is 2.51. The molecule has 1 rings (SSSR count). The van der Waals surface area contributed by atoms with Gasteiger partial charge in [-0.05, 0) is 24.7 Å². The minimum atomic E-state index is -0.212. The molecule has 0 radical (unpaired) electrons. The van der Waals surface area contributed by atoms with Crippen molar-refractivity contribution in [2.75, 3.05) is 14.1 Å². The number of ether oxygens (including phenoxy) is 1. The Kier molecular flexibility index (Phi) is 3.78. The summed E-state index contributed by atoms with van der Waals surface area (Å²) in [4.78, 5) is 12.9. The predicted molar refractivity (Wildman–Crippen MR) is 56.1 cm³/mol. The third-order valence-electron chi connectivity index (χ3n) is 2.87. The van der Waals surface area contributed by atoms with Crippen LogP contribution in [0.2, 0.25) is 0 Å². The van der Waals surface area contributed by atoms with E-state index in [4.69, 9.17) is 4.74 Å². The molecule has 3 heteroatoms. The summed E-state index contributed by atoms with van der Waals surface area (Å²) in [6.07, 6.45) is 3.61. The molecule has 0 bridgehead atoms. The van der Waals surface area contributed by atoms with E-state index in [9.17, 15) is 4.79 Å². The van der Waals surface area contributed by atoms with Crippen molar-refractivity contribution in [3.63, 3.8) is 0 Å². The summed E-state index contributed by atoms with van der Waals surface area (Å²) in [5, 5.41) is 0. The molecule has 14 heavy (non-hydrogen) atoms. The van der Waals surface area contributed by atoms with Crippen molar-refractivity contribution >= 4 is 6.09 Å². The number of carbonyl (C=O) groups excluding carboxylic acids is 1. The normalized spacial score (nSPS) is 18.9. The lowest BCUT2D eigenvalue weighted by Gasteiger charge is -2.36. The fourth-order valence-corrected chi connectivity index (χ4v) is 1.77. The highest BCUT2D eigenvalue weighted by molar-refractivity contribution is 5.67. The maximum absolute atomic E-state index is 11.4. The first-order valence-electron chi connectivity index (χ1n) is 5.40. The maximum Gasteiger partial charge on any atom is 0.409 e. The minimum Gasteiger partial charge on any atom is -0.446 e. The number of hydrogen-bond donors (Lipinski definition) is 0. The molecule has 0 spiro atoms. The zero-order chi connectivity index (χ0) is 10.7. The highest BCUT2D eigenvalue weighted by Crippen LogP contribution is 2.34. The Labute approximate surface area is 86.4 Å². The average molecular weight is 199 g/mol. The van der Waals surface area contributed by atoms with Gasteiger partial charge >= 0.3 is 6.09 Å². The van der Waals surface area contributed by atoms with Gasteiger partial charge in [-0.2, -0.15) is 0 Å². The molecule has 0 saturated heterocycles. The van der Waals surface area contributed by atoms with Crippen molar-refractivity contribution in [2.45, 2.75) is 39.2 Å². The van der Waals surface area contributed by atoms with Crippen LogP contribution in [0.15, 0.2) is 0 Å². The number of hydrogen-bond acceptors (Lipinski definition) is 2. The highest BCUT2D eigenvalue weighted by Gasteiger charge is 2.32. The van der Waals surface area contributed by atoms with E-state index in [1.54, 1.807) is 14.1 Å². The maximum atomic E-state index is 11.4. The Morgan fingerprint density at radius 2 is 1.93 bits per heavy atom. The summed E-state index contributed by atoms with van der Waals surface area (Å²) in [6.45, 7) is 4.23. The van der Waals surface area contributed by atoms with Crippen molar-refractivity contribution in [3.8, 4) is 0 Å². The van der Waals surface area contributed by atoms with E-state index in [1.807, 2.05) is 0 Å². The van der Waals surface area contributed by atoms with Gasteiger partial charge in [0, 0.05) is 14.1 Å². The molecule has 1 atom stereocenters. The summed E-state index contributed by atoms with van der Waals surface area (Å²) in [5.41, 5.74) is 0. The monoisotopic (exact) mass is 199 g/mol. The minimum absolute atomic E-state index is 0.110. The second-order valence-electron chi connectivity index (χ2n) is 4.68. The van der Waals surface area contributed by atoms with Crippen LogP contribution in [0.25, 0.3) is 0 Å². The van der Waals surface area contributed by atoms with Crippen LogP contribution in [0.3, 0.4) is 0 Å². The van der Waals surface area contributed by atoms with Crippen LogP contribution in [0.1, 0.15) is 33.1 Å². The highest BCUT2D eigenvalue weighted by atomic mass is 16.6. The van der Waals surface area contributed by atoms with Crippen LogP contribution in [0.4, 0.5) is 4.79 Å². The van der Waals surface area contributed by atoms with Crippen LogP contribution >= 0.6 is 0 Å². The fraction of sp³-hybridized carbons (Fsp3) is 0.909. The van der Waals surface area contributed by atoms with E-state index in [-0.39, 0.29) is 12.2 Å². The van der Waals surface area contributed by atoms with Gasteiger partial charge in [0.25, 0.3) is 0 Å². The summed E-state index contributed by atoms with van der Waals surface area (Å²) in [6, 6.07) is 0. The first-order valence-corrected chi connectivity index (χ1v) is 5.40. The average Bonchev–Trinajstić information content (AvgIpc) is 1.99. The smallest absolute Gasteiger partial charge is 0.409 e. The van der Waals surface area contributed by atoms with E-state index in [0.29, 0.717) is 11.8 Å². The van der Waals surface area contributed by atoms with Gasteiger partial charge < -0.3 is 9.64 Å². The summed E-state index contributed by atoms with van der Waals surface area (Å²) in [7, 11) is 3.45. The molecule has 1 amide bonds. The lowest BCUT2D eigenvalue weighted by Crippen LogP contribution is -2.38. The van der Waals surface area contributed by atoms with Crippen molar-refractivity contribution in [1.82, 2.24) is 4.90 Å². The second-order valence-corrected chi connectivity index (χ2v) is 4.68. The fourth-order valence-electron chi connectivity index (χ4n) is 1.77. The third-order valence-corrected chi connectivity index (χ3v) is 2.87. The molecule has 0 unspecified atom stereocenters. The second kappa shape index (κ2) is 4.67. The summed E-state index contributed by atoms with van der Waals surface area (Å²) >= 11 is 0. The molecule has 0 aromatic rings. The Hall–Kier alpha value is -0.730. The topological polar surface area (TPSA) is 29.5 Å². The van der Waals surface area contributed by atoms with E-state index in [0.717, 1.165) is 0 Å². The molecule has 82 valence electrons. The van der Waals surface area contributed by atoms with Gasteiger partial charge in [0.15, 0.2) is 0 Å². The number of nitrogens with zero attached hydrogens (tertiary/aromatic N) is 1. The van der Waals surface area contributed by atoms with Crippen LogP contribution in [0.5, 0.6) is 0 Å². The summed E-state index contributed by atoms with van der Waals surface area (Å²) < 4.78 is 5.46. The molecule has 1 aliphatic rings. The molecule has 0 aliphatic heterocycles. The van der Waals surface area contributed by atoms with Crippen LogP contribution in [-0.4, -0.2) is 31.2 Å². The molecule has 0 aromatic carbocycles. The zero-order valence-electron chi connectivity index (χ0n) is 9.62. The Morgan fingerprint density at radius 3 is 2.21 bits per heavy atom. The Balaban J connectivity index is 2.46. The van der Waals surface area contributed by atoms with Crippen molar-refractivity contribution in [2.24, 2.45) is 11.8 Å². The standard InChI is InChI=1S/C11H21NO2/c1-8(2)10(9-6-5-7-9)14-11(13)12(3)4/h8-10H,5-7H2,1-4H3/t10-/m0/s1. The van der Waals surface area contributed by atoms with E-state index >= 15 is 0 Å². The molecular weight excluding hydrogens is 178 g/mol. The number of rotatable bonds is 3. The quantitative estimate of drug-likeness (QED) is 0.699. The largest absolute Gasteiger partial charge is 0.446 e. The molecule has 3 nitrogen and oxygen atoms in total. The lowest BCUT2D eigenvalue weighted by molar-refractivity contribution is -0.00644. The molecule has 0 N–H and O–H groups in total. The van der Waals surface area contributed by atoms with Gasteiger partial charge in [-0.3, -0.25) is 0 Å². The zero-order valence-corrected chi connectivity index (χ0v) is 9.62. The van der Waals surface area contributed by atoms with Gasteiger partial charge in [0.2, 0.25) is 0 Å². The van der Waals surface area contributed by atoms with Gasteiger partial charge in [0.1, 0.15) is 6.10 Å². The van der Waals surface area contributed by atoms with Crippen molar-refractivity contribution < 1.29 is 9.53 Å². The van der Waals surface area contributed by atoms with E-state index in [1.165, 1.54) is 24.2 Å². The van der Waals surface area contributed by atoms with Gasteiger partial charge in [-0.15, -0.1) is 0 Å². The summed E-state index contributed by atoms with van der Waals surface area (Å²) in [5.74, 6) is 1.02. The van der Waals surface area contributed by atoms with Crippen LogP contribution in [-0.2, 0) is 4.74 Å². The Morgan fingerprint density at radius 1 is 1.36 bits per heavy atom. The van der Waals surface area contributed by atoms with E-state index in [2.05, 4.69) is 13.8 Å². The number of carbonyl (C=O) groups is 1. The molecule has 0 aromatic heterocycles. The van der Waals surface area contributed by atoms with E-state index < -0.39 is 0 Å². The molecule has 1 aliphatic carbocycles. The lowest BCUT2D eigenvalue weighted by atomic mass is 9.77. The molecular formula is C11H21NO2. The van der Waals surface area contributed by atoms with Crippen LogP contribution in [0, 0.1) is 11.8 Å². The van der Waals surface area contributed by atoms with Crippen molar-refractivity contribution in [3.05, 3.63) is 0 Å².